The number of guanidine groups is 1. The minimum Gasteiger partial charge on any atom is -0.497 e. The van der Waals surface area contributed by atoms with Gasteiger partial charge in [0.1, 0.15) is 5.75 Å². The number of aliphatic imine (C=N–C) groups is 1. The van der Waals surface area contributed by atoms with E-state index in [1.54, 1.807) is 14.2 Å². The highest BCUT2D eigenvalue weighted by Gasteiger charge is 2.20. The zero-order chi connectivity index (χ0) is 17.4. The molecular formula is C16H26N4O3S. The first-order valence-electron chi connectivity index (χ1n) is 8.02. The van der Waals surface area contributed by atoms with Crippen molar-refractivity contribution in [2.45, 2.75) is 6.54 Å². The summed E-state index contributed by atoms with van der Waals surface area (Å²) in [4.78, 5) is 6.36. The first kappa shape index (κ1) is 18.5. The van der Waals surface area contributed by atoms with Gasteiger partial charge >= 0.3 is 0 Å². The van der Waals surface area contributed by atoms with Crippen molar-refractivity contribution in [3.63, 3.8) is 0 Å². The van der Waals surface area contributed by atoms with Crippen LogP contribution in [-0.4, -0.2) is 71.1 Å². The third kappa shape index (κ3) is 6.01. The molecule has 7 nitrogen and oxygen atoms in total. The Labute approximate surface area is 144 Å². The van der Waals surface area contributed by atoms with Gasteiger partial charge in [0.2, 0.25) is 0 Å². The van der Waals surface area contributed by atoms with Crippen LogP contribution in [0.4, 0.5) is 0 Å². The number of methoxy groups -OCH3 is 1. The lowest BCUT2D eigenvalue weighted by Crippen LogP contribution is -2.45. The molecule has 1 aliphatic rings. The molecule has 0 aliphatic carbocycles. The van der Waals surface area contributed by atoms with Crippen molar-refractivity contribution in [3.05, 3.63) is 29.8 Å². The Kier molecular flexibility index (Phi) is 6.86. The molecule has 0 radical (unpaired) electrons. The van der Waals surface area contributed by atoms with Gasteiger partial charge in [-0.25, -0.2) is 8.42 Å². The quantitative estimate of drug-likeness (QED) is 0.557. The molecule has 1 aromatic rings. The van der Waals surface area contributed by atoms with Crippen LogP contribution in [0.15, 0.2) is 29.3 Å². The maximum atomic E-state index is 11.4. The Morgan fingerprint density at radius 2 is 2.04 bits per heavy atom. The Morgan fingerprint density at radius 3 is 2.71 bits per heavy atom. The second-order valence-corrected chi connectivity index (χ2v) is 8.00. The average Bonchev–Trinajstić information content (AvgIpc) is 2.59. The lowest BCUT2D eigenvalue weighted by Gasteiger charge is -2.26. The van der Waals surface area contributed by atoms with E-state index in [-0.39, 0.29) is 11.5 Å². The molecule has 1 aliphatic heterocycles. The second kappa shape index (κ2) is 8.89. The standard InChI is InChI=1S/C16H26N4O3S/c1-17-16(19-13-14-4-3-5-15(12-14)23-2)18-6-7-20-8-10-24(21,22)11-9-20/h3-5,12H,6-11,13H2,1-2H3,(H2,17,18,19). The van der Waals surface area contributed by atoms with Crippen molar-refractivity contribution >= 4 is 15.8 Å². The molecule has 0 amide bonds. The van der Waals surface area contributed by atoms with E-state index in [4.69, 9.17) is 4.74 Å². The fourth-order valence-corrected chi connectivity index (χ4v) is 3.77. The van der Waals surface area contributed by atoms with Gasteiger partial charge in [0.25, 0.3) is 0 Å². The van der Waals surface area contributed by atoms with Gasteiger partial charge in [-0.05, 0) is 17.7 Å². The molecule has 1 heterocycles. The van der Waals surface area contributed by atoms with Crippen LogP contribution in [0.25, 0.3) is 0 Å². The lowest BCUT2D eigenvalue weighted by molar-refractivity contribution is 0.299. The number of sulfone groups is 1. The molecule has 0 atom stereocenters. The Bertz CT molecular complexity index is 647. The van der Waals surface area contributed by atoms with E-state index in [2.05, 4.69) is 20.5 Å². The van der Waals surface area contributed by atoms with Gasteiger partial charge in [-0.1, -0.05) is 12.1 Å². The molecular weight excluding hydrogens is 328 g/mol. The minimum absolute atomic E-state index is 0.260. The summed E-state index contributed by atoms with van der Waals surface area (Å²) in [6.45, 7) is 3.39. The normalized spacial score (nSPS) is 18.2. The Morgan fingerprint density at radius 1 is 1.29 bits per heavy atom. The summed E-state index contributed by atoms with van der Waals surface area (Å²) >= 11 is 0. The van der Waals surface area contributed by atoms with E-state index in [0.717, 1.165) is 30.4 Å². The van der Waals surface area contributed by atoms with Crippen LogP contribution in [-0.2, 0) is 16.4 Å². The van der Waals surface area contributed by atoms with Gasteiger partial charge in [-0.2, -0.15) is 0 Å². The highest BCUT2D eigenvalue weighted by Crippen LogP contribution is 2.12. The van der Waals surface area contributed by atoms with E-state index in [1.807, 2.05) is 24.3 Å². The number of nitrogens with one attached hydrogen (secondary N) is 2. The summed E-state index contributed by atoms with van der Waals surface area (Å²) in [5, 5.41) is 6.51. The van der Waals surface area contributed by atoms with Crippen molar-refractivity contribution in [2.24, 2.45) is 4.99 Å². The summed E-state index contributed by atoms with van der Waals surface area (Å²) < 4.78 is 28.0. The summed E-state index contributed by atoms with van der Waals surface area (Å²) in [6, 6.07) is 7.87. The molecule has 134 valence electrons. The Hall–Kier alpha value is -1.80. The van der Waals surface area contributed by atoms with E-state index < -0.39 is 9.84 Å². The minimum atomic E-state index is -2.82. The molecule has 8 heteroatoms. The number of rotatable bonds is 6. The summed E-state index contributed by atoms with van der Waals surface area (Å²) in [5.74, 6) is 2.07. The predicted molar refractivity (Wildman–Crippen MR) is 96.3 cm³/mol. The zero-order valence-electron chi connectivity index (χ0n) is 14.3. The Balaban J connectivity index is 1.71. The average molecular weight is 354 g/mol. The van der Waals surface area contributed by atoms with Crippen LogP contribution in [0.1, 0.15) is 5.56 Å². The van der Waals surface area contributed by atoms with E-state index in [1.165, 1.54) is 0 Å². The molecule has 24 heavy (non-hydrogen) atoms. The van der Waals surface area contributed by atoms with Gasteiger partial charge in [0.05, 0.1) is 18.6 Å². The zero-order valence-corrected chi connectivity index (χ0v) is 15.1. The van der Waals surface area contributed by atoms with Crippen molar-refractivity contribution in [3.8, 4) is 5.75 Å². The maximum Gasteiger partial charge on any atom is 0.191 e. The first-order chi connectivity index (χ1) is 11.5. The SMILES string of the molecule is CN=C(NCCN1CCS(=O)(=O)CC1)NCc1cccc(OC)c1. The summed E-state index contributed by atoms with van der Waals surface area (Å²) in [6.07, 6.45) is 0. The highest BCUT2D eigenvalue weighted by atomic mass is 32.2. The summed E-state index contributed by atoms with van der Waals surface area (Å²) in [7, 11) is 0.567. The van der Waals surface area contributed by atoms with E-state index in [0.29, 0.717) is 19.6 Å². The predicted octanol–water partition coefficient (Wildman–Crippen LogP) is 0.0906. The van der Waals surface area contributed by atoms with Crippen LogP contribution in [0.5, 0.6) is 5.75 Å². The number of benzene rings is 1. The fraction of sp³-hybridized carbons (Fsp3) is 0.562. The van der Waals surface area contributed by atoms with Crippen molar-refractivity contribution in [1.82, 2.24) is 15.5 Å². The number of hydrogen-bond acceptors (Lipinski definition) is 5. The topological polar surface area (TPSA) is 83.0 Å². The number of nitrogens with zero attached hydrogens (tertiary/aromatic N) is 2. The third-order valence-corrected chi connectivity index (χ3v) is 5.58. The molecule has 1 aromatic carbocycles. The smallest absolute Gasteiger partial charge is 0.191 e. The van der Waals surface area contributed by atoms with Gasteiger partial charge in [-0.3, -0.25) is 9.89 Å². The van der Waals surface area contributed by atoms with E-state index in [9.17, 15) is 8.42 Å². The molecule has 0 unspecified atom stereocenters. The number of hydrogen-bond donors (Lipinski definition) is 2. The van der Waals surface area contributed by atoms with Crippen LogP contribution < -0.4 is 15.4 Å². The van der Waals surface area contributed by atoms with E-state index >= 15 is 0 Å². The largest absolute Gasteiger partial charge is 0.497 e. The highest BCUT2D eigenvalue weighted by molar-refractivity contribution is 7.91. The molecule has 0 saturated carbocycles. The molecule has 0 bridgehead atoms. The summed E-state index contributed by atoms with van der Waals surface area (Å²) in [5.41, 5.74) is 1.11. The third-order valence-electron chi connectivity index (χ3n) is 3.98. The number of ether oxygens (including phenoxy) is 1. The fourth-order valence-electron chi connectivity index (χ4n) is 2.50. The van der Waals surface area contributed by atoms with Crippen LogP contribution in [0, 0.1) is 0 Å². The van der Waals surface area contributed by atoms with Crippen molar-refractivity contribution < 1.29 is 13.2 Å². The molecule has 0 spiro atoms. The monoisotopic (exact) mass is 354 g/mol. The van der Waals surface area contributed by atoms with Gasteiger partial charge in [-0.15, -0.1) is 0 Å². The van der Waals surface area contributed by atoms with Crippen LogP contribution >= 0.6 is 0 Å². The van der Waals surface area contributed by atoms with Gasteiger partial charge in [0.15, 0.2) is 15.8 Å². The molecule has 2 N–H and O–H groups in total. The van der Waals surface area contributed by atoms with Crippen LogP contribution in [0.2, 0.25) is 0 Å². The lowest BCUT2D eigenvalue weighted by atomic mass is 10.2. The maximum absolute atomic E-state index is 11.4. The van der Waals surface area contributed by atoms with Crippen molar-refractivity contribution in [1.29, 1.82) is 0 Å². The van der Waals surface area contributed by atoms with Crippen molar-refractivity contribution in [2.75, 3.05) is 51.8 Å². The van der Waals surface area contributed by atoms with Crippen LogP contribution in [0.3, 0.4) is 0 Å². The molecule has 1 saturated heterocycles. The second-order valence-electron chi connectivity index (χ2n) is 5.70. The molecule has 2 rings (SSSR count). The van der Waals surface area contributed by atoms with Gasteiger partial charge in [0, 0.05) is 39.8 Å². The van der Waals surface area contributed by atoms with Gasteiger partial charge < -0.3 is 15.4 Å². The first-order valence-corrected chi connectivity index (χ1v) is 9.85. The molecule has 0 aromatic heterocycles. The molecule has 1 fully saturated rings.